The van der Waals surface area contributed by atoms with Gasteiger partial charge in [0.05, 0.1) is 12.2 Å². The van der Waals surface area contributed by atoms with Crippen molar-refractivity contribution < 1.29 is 4.79 Å². The molecule has 0 N–H and O–H groups in total. The van der Waals surface area contributed by atoms with Crippen LogP contribution in [0.4, 0.5) is 5.82 Å². The number of nitrogens with zero attached hydrogens (tertiary/aromatic N) is 3. The fourth-order valence-corrected chi connectivity index (χ4v) is 2.43. The summed E-state index contributed by atoms with van der Waals surface area (Å²) >= 11 is 5.85. The molecule has 2 rings (SSSR count). The average molecular weight is 270 g/mol. The molecule has 1 aliphatic heterocycles. The predicted octanol–water partition coefficient (Wildman–Crippen LogP) is 2.69. The van der Waals surface area contributed by atoms with Gasteiger partial charge in [0.15, 0.2) is 0 Å². The third kappa shape index (κ3) is 2.39. The van der Waals surface area contributed by atoms with Crippen LogP contribution in [0.15, 0.2) is 12.3 Å². The molecule has 2 heterocycles. The zero-order valence-electron chi connectivity index (χ0n) is 11.1. The highest BCUT2D eigenvalue weighted by molar-refractivity contribution is 6.18. The highest BCUT2D eigenvalue weighted by Gasteiger charge is 2.32. The number of halogens is 1. The van der Waals surface area contributed by atoms with Crippen LogP contribution in [0.3, 0.4) is 0 Å². The zero-order valence-corrected chi connectivity index (χ0v) is 11.9. The molecule has 5 heteroatoms. The number of carbonyl (C=O) groups excluding carboxylic acids is 1. The Hall–Kier alpha value is -1.03. The van der Waals surface area contributed by atoms with Crippen LogP contribution in [0.2, 0.25) is 0 Å². The second-order valence-electron chi connectivity index (χ2n) is 5.35. The van der Waals surface area contributed by atoms with Gasteiger partial charge < -0.3 is 0 Å². The maximum Gasteiger partial charge on any atom is 0.228 e. The smallest absolute Gasteiger partial charge is 0.228 e. The van der Waals surface area contributed by atoms with Gasteiger partial charge in [-0.2, -0.15) is 5.10 Å². The molecule has 0 aliphatic carbocycles. The third-order valence-electron chi connectivity index (χ3n) is 3.70. The molecule has 1 aliphatic rings. The van der Waals surface area contributed by atoms with Crippen molar-refractivity contribution in [2.24, 2.45) is 11.8 Å². The van der Waals surface area contributed by atoms with Crippen LogP contribution < -0.4 is 4.90 Å². The minimum atomic E-state index is 0.151. The van der Waals surface area contributed by atoms with E-state index in [-0.39, 0.29) is 17.9 Å². The second kappa shape index (κ2) is 5.31. The lowest BCUT2D eigenvalue weighted by atomic mass is 10.1. The van der Waals surface area contributed by atoms with Crippen molar-refractivity contribution in [3.63, 3.8) is 0 Å². The fraction of sp³-hybridized carbons (Fsp3) is 0.692. The minimum absolute atomic E-state index is 0.151. The van der Waals surface area contributed by atoms with Gasteiger partial charge in [0.1, 0.15) is 5.82 Å². The number of amides is 1. The van der Waals surface area contributed by atoms with Crippen molar-refractivity contribution in [2.45, 2.75) is 33.2 Å². The molecule has 1 aromatic rings. The van der Waals surface area contributed by atoms with Gasteiger partial charge >= 0.3 is 0 Å². The lowest BCUT2D eigenvalue weighted by Crippen LogP contribution is -2.29. The summed E-state index contributed by atoms with van der Waals surface area (Å²) in [6, 6.07) is 2.19. The van der Waals surface area contributed by atoms with Crippen LogP contribution in [0.1, 0.15) is 33.2 Å². The van der Waals surface area contributed by atoms with E-state index in [0.717, 1.165) is 5.82 Å². The Morgan fingerprint density at radius 1 is 1.50 bits per heavy atom. The van der Waals surface area contributed by atoms with Crippen molar-refractivity contribution >= 4 is 23.3 Å². The van der Waals surface area contributed by atoms with Gasteiger partial charge in [-0.15, -0.1) is 11.6 Å². The van der Waals surface area contributed by atoms with Crippen LogP contribution in [-0.2, 0) is 4.79 Å². The number of anilines is 1. The largest absolute Gasteiger partial charge is 0.297 e. The van der Waals surface area contributed by atoms with Gasteiger partial charge in [0.25, 0.3) is 0 Å². The summed E-state index contributed by atoms with van der Waals surface area (Å²) in [6.07, 6.45) is 2.31. The molecule has 18 heavy (non-hydrogen) atoms. The molecule has 0 spiro atoms. The summed E-state index contributed by atoms with van der Waals surface area (Å²) in [5.74, 6) is 2.32. The molecule has 4 nitrogen and oxygen atoms in total. The first kappa shape index (κ1) is 13.4. The topological polar surface area (TPSA) is 38.1 Å². The highest BCUT2D eigenvalue weighted by Crippen LogP contribution is 2.29. The van der Waals surface area contributed by atoms with E-state index in [1.54, 1.807) is 6.20 Å². The van der Waals surface area contributed by atoms with E-state index in [0.29, 0.717) is 24.8 Å². The number of carbonyl (C=O) groups is 1. The summed E-state index contributed by atoms with van der Waals surface area (Å²) in [7, 11) is 0. The van der Waals surface area contributed by atoms with Crippen molar-refractivity contribution in [3.05, 3.63) is 12.3 Å². The standard InChI is InChI=1S/C13H20ClN3O/c1-9(2)10(3)17-12(4-5-15-17)16-8-11(7-14)6-13(16)18/h4-5,9-11H,6-8H2,1-3H3. The molecule has 100 valence electrons. The molecule has 0 radical (unpaired) electrons. The molecule has 1 fully saturated rings. The Kier molecular flexibility index (Phi) is 3.95. The van der Waals surface area contributed by atoms with Crippen LogP contribution in [0, 0.1) is 11.8 Å². The van der Waals surface area contributed by atoms with E-state index in [4.69, 9.17) is 11.6 Å². The molecule has 2 unspecified atom stereocenters. The number of aromatic nitrogens is 2. The molecule has 0 bridgehead atoms. The monoisotopic (exact) mass is 269 g/mol. The van der Waals surface area contributed by atoms with Crippen molar-refractivity contribution in [2.75, 3.05) is 17.3 Å². The molecular weight excluding hydrogens is 250 g/mol. The number of hydrogen-bond acceptors (Lipinski definition) is 2. The fourth-order valence-electron chi connectivity index (χ4n) is 2.22. The van der Waals surface area contributed by atoms with E-state index < -0.39 is 0 Å². The van der Waals surface area contributed by atoms with Gasteiger partial charge in [0.2, 0.25) is 5.91 Å². The lowest BCUT2D eigenvalue weighted by Gasteiger charge is -2.23. The van der Waals surface area contributed by atoms with Crippen molar-refractivity contribution in [3.8, 4) is 0 Å². The summed E-state index contributed by atoms with van der Waals surface area (Å²) in [4.78, 5) is 13.8. The van der Waals surface area contributed by atoms with Crippen LogP contribution >= 0.6 is 11.6 Å². The first-order chi connectivity index (χ1) is 8.54. The number of alkyl halides is 1. The number of hydrogen-bond donors (Lipinski definition) is 0. The predicted molar refractivity (Wildman–Crippen MR) is 73.0 cm³/mol. The summed E-state index contributed by atoms with van der Waals surface area (Å²) in [6.45, 7) is 7.15. The Bertz CT molecular complexity index is 430. The van der Waals surface area contributed by atoms with E-state index >= 15 is 0 Å². The van der Waals surface area contributed by atoms with E-state index in [1.807, 2.05) is 15.6 Å². The third-order valence-corrected chi connectivity index (χ3v) is 4.14. The van der Waals surface area contributed by atoms with E-state index in [2.05, 4.69) is 25.9 Å². The summed E-state index contributed by atoms with van der Waals surface area (Å²) in [5, 5.41) is 4.36. The Morgan fingerprint density at radius 3 is 2.78 bits per heavy atom. The van der Waals surface area contributed by atoms with E-state index in [1.165, 1.54) is 0 Å². The maximum absolute atomic E-state index is 12.0. The first-order valence-corrected chi connectivity index (χ1v) is 6.98. The van der Waals surface area contributed by atoms with Crippen molar-refractivity contribution in [1.29, 1.82) is 0 Å². The lowest BCUT2D eigenvalue weighted by molar-refractivity contribution is -0.117. The van der Waals surface area contributed by atoms with E-state index in [9.17, 15) is 4.79 Å². The highest BCUT2D eigenvalue weighted by atomic mass is 35.5. The quantitative estimate of drug-likeness (QED) is 0.789. The normalized spacial score (nSPS) is 21.9. The van der Waals surface area contributed by atoms with Gasteiger partial charge in [-0.1, -0.05) is 13.8 Å². The molecule has 1 amide bonds. The Labute approximate surface area is 113 Å². The Balaban J connectivity index is 2.24. The first-order valence-electron chi connectivity index (χ1n) is 6.44. The summed E-state index contributed by atoms with van der Waals surface area (Å²) in [5.41, 5.74) is 0. The SMILES string of the molecule is CC(C)C(C)n1nccc1N1CC(CCl)CC1=O. The van der Waals surface area contributed by atoms with Crippen LogP contribution in [0.5, 0.6) is 0 Å². The number of rotatable bonds is 4. The molecule has 0 aromatic carbocycles. The molecule has 1 aromatic heterocycles. The Morgan fingerprint density at radius 2 is 2.22 bits per heavy atom. The van der Waals surface area contributed by atoms with Gasteiger partial charge in [0, 0.05) is 24.9 Å². The van der Waals surface area contributed by atoms with Gasteiger partial charge in [-0.3, -0.25) is 9.69 Å². The zero-order chi connectivity index (χ0) is 13.3. The van der Waals surface area contributed by atoms with Crippen LogP contribution in [0.25, 0.3) is 0 Å². The average Bonchev–Trinajstić information content (AvgIpc) is 2.93. The van der Waals surface area contributed by atoms with Gasteiger partial charge in [-0.05, 0) is 18.8 Å². The molecule has 1 saturated heterocycles. The molecule has 0 saturated carbocycles. The second-order valence-corrected chi connectivity index (χ2v) is 5.66. The maximum atomic E-state index is 12.0. The minimum Gasteiger partial charge on any atom is -0.297 e. The van der Waals surface area contributed by atoms with Gasteiger partial charge in [-0.25, -0.2) is 4.68 Å². The van der Waals surface area contributed by atoms with Crippen LogP contribution in [-0.4, -0.2) is 28.1 Å². The molecular formula is C13H20ClN3O. The van der Waals surface area contributed by atoms with Crippen molar-refractivity contribution in [1.82, 2.24) is 9.78 Å². The summed E-state index contributed by atoms with van der Waals surface area (Å²) < 4.78 is 1.94. The molecule has 2 atom stereocenters.